The van der Waals surface area contributed by atoms with Gasteiger partial charge in [-0.3, -0.25) is 9.69 Å². The van der Waals surface area contributed by atoms with Crippen LogP contribution in [-0.4, -0.2) is 41.0 Å². The first-order valence-corrected chi connectivity index (χ1v) is 5.58. The summed E-state index contributed by atoms with van der Waals surface area (Å²) in [5.41, 5.74) is -0.350. The first-order valence-electron chi connectivity index (χ1n) is 5.58. The second-order valence-electron chi connectivity index (χ2n) is 5.81. The van der Waals surface area contributed by atoms with Crippen LogP contribution in [0.1, 0.15) is 41.5 Å². The summed E-state index contributed by atoms with van der Waals surface area (Å²) >= 11 is 0. The first kappa shape index (κ1) is 12.7. The predicted octanol–water partition coefficient (Wildman–Crippen LogP) is 1.85. The van der Waals surface area contributed by atoms with E-state index in [4.69, 9.17) is 4.74 Å². The van der Waals surface area contributed by atoms with Crippen molar-refractivity contribution >= 4 is 5.78 Å². The van der Waals surface area contributed by atoms with Gasteiger partial charge in [-0.15, -0.1) is 0 Å². The number of nitrogens with zero attached hydrogens (tertiary/aromatic N) is 1. The molecule has 0 aromatic heterocycles. The molecule has 1 rings (SSSR count). The van der Waals surface area contributed by atoms with Crippen LogP contribution >= 0.6 is 0 Å². The lowest BCUT2D eigenvalue weighted by molar-refractivity contribution is -0.187. The van der Waals surface area contributed by atoms with Crippen LogP contribution in [0.3, 0.4) is 0 Å². The molecule has 0 aromatic carbocycles. The number of morpholine rings is 1. The quantitative estimate of drug-likeness (QED) is 0.701. The Morgan fingerprint density at radius 1 is 1.20 bits per heavy atom. The minimum atomic E-state index is -0.175. The van der Waals surface area contributed by atoms with Crippen LogP contribution in [0, 0.1) is 0 Å². The molecule has 1 aliphatic rings. The van der Waals surface area contributed by atoms with Crippen molar-refractivity contribution in [1.29, 1.82) is 0 Å². The van der Waals surface area contributed by atoms with Gasteiger partial charge in [0, 0.05) is 13.1 Å². The summed E-state index contributed by atoms with van der Waals surface area (Å²) in [6.07, 6.45) is 0. The average Bonchev–Trinajstić information content (AvgIpc) is 1.96. The standard InChI is InChI=1S/C12H23NO2/c1-9(10(2)14)13-7-11(3,4)15-12(5,6)8-13/h9H,7-8H2,1-6H3. The van der Waals surface area contributed by atoms with Gasteiger partial charge < -0.3 is 4.74 Å². The molecule has 0 saturated carbocycles. The van der Waals surface area contributed by atoms with Crippen molar-refractivity contribution in [1.82, 2.24) is 4.90 Å². The molecule has 0 bridgehead atoms. The lowest BCUT2D eigenvalue weighted by Crippen LogP contribution is -2.60. The Hall–Kier alpha value is -0.410. The van der Waals surface area contributed by atoms with Gasteiger partial charge in [-0.2, -0.15) is 0 Å². The van der Waals surface area contributed by atoms with Gasteiger partial charge >= 0.3 is 0 Å². The fourth-order valence-electron chi connectivity index (χ4n) is 2.38. The van der Waals surface area contributed by atoms with Crippen LogP contribution in [0.2, 0.25) is 0 Å². The van der Waals surface area contributed by atoms with E-state index in [1.54, 1.807) is 6.92 Å². The molecule has 1 unspecified atom stereocenters. The van der Waals surface area contributed by atoms with Crippen molar-refractivity contribution in [3.8, 4) is 0 Å². The van der Waals surface area contributed by atoms with Gasteiger partial charge in [0.05, 0.1) is 17.2 Å². The molecule has 0 spiro atoms. The molecule has 1 aliphatic heterocycles. The second-order valence-corrected chi connectivity index (χ2v) is 5.81. The highest BCUT2D eigenvalue weighted by atomic mass is 16.5. The van der Waals surface area contributed by atoms with Crippen molar-refractivity contribution in [3.63, 3.8) is 0 Å². The van der Waals surface area contributed by atoms with E-state index in [0.717, 1.165) is 13.1 Å². The third-order valence-corrected chi connectivity index (χ3v) is 2.86. The summed E-state index contributed by atoms with van der Waals surface area (Å²) in [4.78, 5) is 13.6. The predicted molar refractivity (Wildman–Crippen MR) is 61.0 cm³/mol. The number of ether oxygens (including phenoxy) is 1. The molecule has 1 heterocycles. The van der Waals surface area contributed by atoms with E-state index < -0.39 is 0 Å². The fraction of sp³-hybridized carbons (Fsp3) is 0.917. The largest absolute Gasteiger partial charge is 0.367 e. The van der Waals surface area contributed by atoms with E-state index in [-0.39, 0.29) is 23.0 Å². The number of carbonyl (C=O) groups excluding carboxylic acids is 1. The van der Waals surface area contributed by atoms with Gasteiger partial charge in [0.1, 0.15) is 5.78 Å². The van der Waals surface area contributed by atoms with Gasteiger partial charge in [0.25, 0.3) is 0 Å². The molecular weight excluding hydrogens is 190 g/mol. The Morgan fingerprint density at radius 2 is 1.60 bits per heavy atom. The summed E-state index contributed by atoms with van der Waals surface area (Å²) in [5.74, 6) is 0.225. The van der Waals surface area contributed by atoms with Crippen LogP contribution in [0.15, 0.2) is 0 Å². The number of hydrogen-bond acceptors (Lipinski definition) is 3. The molecule has 15 heavy (non-hydrogen) atoms. The Bertz CT molecular complexity index is 242. The Kier molecular flexibility index (Phi) is 3.27. The Morgan fingerprint density at radius 3 is 1.93 bits per heavy atom. The highest BCUT2D eigenvalue weighted by molar-refractivity contribution is 5.80. The van der Waals surface area contributed by atoms with Gasteiger partial charge in [-0.1, -0.05) is 0 Å². The fourth-order valence-corrected chi connectivity index (χ4v) is 2.38. The summed E-state index contributed by atoms with van der Waals surface area (Å²) < 4.78 is 5.97. The molecule has 1 fully saturated rings. The summed E-state index contributed by atoms with van der Waals surface area (Å²) in [5, 5.41) is 0. The van der Waals surface area contributed by atoms with Crippen molar-refractivity contribution in [2.75, 3.05) is 13.1 Å². The minimum absolute atomic E-state index is 0.00699. The van der Waals surface area contributed by atoms with E-state index in [1.807, 2.05) is 6.92 Å². The third kappa shape index (κ3) is 3.28. The van der Waals surface area contributed by atoms with Crippen LogP contribution in [-0.2, 0) is 9.53 Å². The number of carbonyl (C=O) groups is 1. The van der Waals surface area contributed by atoms with Gasteiger partial charge in [-0.25, -0.2) is 0 Å². The monoisotopic (exact) mass is 213 g/mol. The van der Waals surface area contributed by atoms with E-state index in [1.165, 1.54) is 0 Å². The van der Waals surface area contributed by atoms with E-state index in [9.17, 15) is 4.79 Å². The van der Waals surface area contributed by atoms with Crippen molar-refractivity contribution in [2.24, 2.45) is 0 Å². The number of rotatable bonds is 2. The van der Waals surface area contributed by atoms with E-state index >= 15 is 0 Å². The summed E-state index contributed by atoms with van der Waals surface area (Å²) in [7, 11) is 0. The summed E-state index contributed by atoms with van der Waals surface area (Å²) in [6, 6.07) is -0.00699. The van der Waals surface area contributed by atoms with Crippen molar-refractivity contribution in [2.45, 2.75) is 58.8 Å². The molecule has 3 heteroatoms. The van der Waals surface area contributed by atoms with Crippen molar-refractivity contribution < 1.29 is 9.53 Å². The maximum Gasteiger partial charge on any atom is 0.146 e. The van der Waals surface area contributed by atoms with Gasteiger partial charge in [0.15, 0.2) is 0 Å². The summed E-state index contributed by atoms with van der Waals surface area (Å²) in [6.45, 7) is 13.6. The molecule has 88 valence electrons. The van der Waals surface area contributed by atoms with Crippen LogP contribution in [0.4, 0.5) is 0 Å². The zero-order chi connectivity index (χ0) is 11.9. The number of Topliss-reactive ketones (excluding diaryl/α,β-unsaturated/α-hetero) is 1. The van der Waals surface area contributed by atoms with Crippen LogP contribution in [0.25, 0.3) is 0 Å². The lowest BCUT2D eigenvalue weighted by Gasteiger charge is -2.48. The van der Waals surface area contributed by atoms with E-state index in [0.29, 0.717) is 0 Å². The molecule has 1 saturated heterocycles. The molecule has 0 radical (unpaired) electrons. The third-order valence-electron chi connectivity index (χ3n) is 2.86. The van der Waals surface area contributed by atoms with Gasteiger partial charge in [-0.05, 0) is 41.5 Å². The highest BCUT2D eigenvalue weighted by Crippen LogP contribution is 2.29. The molecule has 0 amide bonds. The maximum atomic E-state index is 11.4. The number of ketones is 1. The maximum absolute atomic E-state index is 11.4. The Balaban J connectivity index is 2.79. The minimum Gasteiger partial charge on any atom is -0.367 e. The SMILES string of the molecule is CC(=O)C(C)N1CC(C)(C)OC(C)(C)C1. The van der Waals surface area contributed by atoms with E-state index in [2.05, 4.69) is 32.6 Å². The molecule has 0 N–H and O–H groups in total. The molecule has 1 atom stereocenters. The lowest BCUT2D eigenvalue weighted by atomic mass is 9.97. The zero-order valence-corrected chi connectivity index (χ0v) is 10.8. The molecular formula is C12H23NO2. The average molecular weight is 213 g/mol. The van der Waals surface area contributed by atoms with Gasteiger partial charge in [0.2, 0.25) is 0 Å². The smallest absolute Gasteiger partial charge is 0.146 e. The van der Waals surface area contributed by atoms with Crippen LogP contribution < -0.4 is 0 Å². The topological polar surface area (TPSA) is 29.5 Å². The highest BCUT2D eigenvalue weighted by Gasteiger charge is 2.40. The zero-order valence-electron chi connectivity index (χ0n) is 10.8. The van der Waals surface area contributed by atoms with Crippen molar-refractivity contribution in [3.05, 3.63) is 0 Å². The second kappa shape index (κ2) is 3.87. The Labute approximate surface area is 92.8 Å². The number of hydrogen-bond donors (Lipinski definition) is 0. The normalized spacial score (nSPS) is 27.3. The first-order chi connectivity index (χ1) is 6.63. The molecule has 0 aromatic rings. The molecule has 3 nitrogen and oxygen atoms in total. The van der Waals surface area contributed by atoms with Crippen LogP contribution in [0.5, 0.6) is 0 Å². The molecule has 0 aliphatic carbocycles.